The van der Waals surface area contributed by atoms with E-state index in [0.717, 1.165) is 4.70 Å². The Morgan fingerprint density at radius 1 is 1.09 bits per heavy atom. The van der Waals surface area contributed by atoms with Gasteiger partial charge in [0.1, 0.15) is 5.75 Å². The summed E-state index contributed by atoms with van der Waals surface area (Å²) in [6.07, 6.45) is 0. The first kappa shape index (κ1) is 21.2. The zero-order valence-electron chi connectivity index (χ0n) is 17.4. The number of ether oxygens (including phenoxy) is 1. The molecule has 33 heavy (non-hydrogen) atoms. The summed E-state index contributed by atoms with van der Waals surface area (Å²) in [5.74, 6) is -1.02. The highest BCUT2D eigenvalue weighted by Gasteiger charge is 2.45. The van der Waals surface area contributed by atoms with Crippen LogP contribution in [0, 0.1) is 0 Å². The van der Waals surface area contributed by atoms with E-state index in [-0.39, 0.29) is 5.57 Å². The molecule has 0 spiro atoms. The molecule has 2 heterocycles. The number of thiazole rings is 1. The van der Waals surface area contributed by atoms with Crippen LogP contribution in [-0.4, -0.2) is 28.9 Å². The van der Waals surface area contributed by atoms with Crippen molar-refractivity contribution in [2.45, 2.75) is 6.04 Å². The molecule has 0 saturated carbocycles. The third-order valence-electron chi connectivity index (χ3n) is 5.46. The molecule has 5 rings (SSSR count). The van der Waals surface area contributed by atoms with Gasteiger partial charge in [-0.15, -0.1) is 0 Å². The standard InChI is InChI=1S/C25H17ClN2O4S/c1-32-17-11-12-18-19(13-17)33-25(27-18)28-21(14-7-9-16(26)10-8-14)20(23(30)24(28)31)22(29)15-5-3-2-4-6-15/h2-13,21,30H,1H3. The van der Waals surface area contributed by atoms with E-state index in [0.29, 0.717) is 32.5 Å². The van der Waals surface area contributed by atoms with E-state index in [4.69, 9.17) is 16.3 Å². The molecule has 0 aliphatic carbocycles. The van der Waals surface area contributed by atoms with Crippen LogP contribution < -0.4 is 9.64 Å². The van der Waals surface area contributed by atoms with Crippen LogP contribution in [-0.2, 0) is 4.79 Å². The van der Waals surface area contributed by atoms with Gasteiger partial charge < -0.3 is 9.84 Å². The zero-order valence-corrected chi connectivity index (χ0v) is 18.9. The fourth-order valence-corrected chi connectivity index (χ4v) is 5.01. The smallest absolute Gasteiger partial charge is 0.296 e. The number of amides is 1. The Labute approximate surface area is 198 Å². The van der Waals surface area contributed by atoms with Crippen LogP contribution in [0.5, 0.6) is 5.75 Å². The molecule has 0 saturated heterocycles. The summed E-state index contributed by atoms with van der Waals surface area (Å²) in [4.78, 5) is 32.7. The van der Waals surface area contributed by atoms with E-state index in [9.17, 15) is 14.7 Å². The van der Waals surface area contributed by atoms with Crippen LogP contribution in [0.15, 0.2) is 84.1 Å². The largest absolute Gasteiger partial charge is 0.503 e. The molecule has 3 aromatic carbocycles. The Morgan fingerprint density at radius 2 is 1.82 bits per heavy atom. The molecule has 1 aliphatic heterocycles. The molecule has 1 atom stereocenters. The third-order valence-corrected chi connectivity index (χ3v) is 6.73. The number of fused-ring (bicyclic) bond motifs is 1. The van der Waals surface area contributed by atoms with Gasteiger partial charge in [-0.3, -0.25) is 14.5 Å². The lowest BCUT2D eigenvalue weighted by atomic mass is 9.93. The monoisotopic (exact) mass is 476 g/mol. The highest BCUT2D eigenvalue weighted by Crippen LogP contribution is 2.44. The van der Waals surface area contributed by atoms with E-state index in [1.807, 2.05) is 6.07 Å². The number of halogens is 1. The van der Waals surface area contributed by atoms with Crippen molar-refractivity contribution in [1.29, 1.82) is 0 Å². The van der Waals surface area contributed by atoms with Crippen LogP contribution in [0.1, 0.15) is 22.0 Å². The van der Waals surface area contributed by atoms with Crippen molar-refractivity contribution in [2.75, 3.05) is 12.0 Å². The van der Waals surface area contributed by atoms with Crippen molar-refractivity contribution < 1.29 is 19.4 Å². The van der Waals surface area contributed by atoms with E-state index >= 15 is 0 Å². The van der Waals surface area contributed by atoms with Crippen LogP contribution in [0.2, 0.25) is 5.02 Å². The highest BCUT2D eigenvalue weighted by atomic mass is 35.5. The minimum absolute atomic E-state index is 0.00496. The first-order valence-electron chi connectivity index (χ1n) is 10.0. The number of ketones is 1. The summed E-state index contributed by atoms with van der Waals surface area (Å²) < 4.78 is 6.10. The number of rotatable bonds is 5. The molecular weight excluding hydrogens is 460 g/mol. The lowest BCUT2D eigenvalue weighted by molar-refractivity contribution is -0.117. The predicted molar refractivity (Wildman–Crippen MR) is 128 cm³/mol. The molecule has 8 heteroatoms. The molecule has 4 aromatic rings. The molecule has 1 unspecified atom stereocenters. The Kier molecular flexibility index (Phi) is 5.36. The van der Waals surface area contributed by atoms with Crippen molar-refractivity contribution in [3.63, 3.8) is 0 Å². The normalized spacial score (nSPS) is 16.0. The number of Topliss-reactive ketones (excluding diaryl/α,β-unsaturated/α-hetero) is 1. The fourth-order valence-electron chi connectivity index (χ4n) is 3.86. The molecule has 1 aromatic heterocycles. The number of nitrogens with zero attached hydrogens (tertiary/aromatic N) is 2. The van der Waals surface area contributed by atoms with Gasteiger partial charge in [-0.2, -0.15) is 0 Å². The number of aliphatic hydroxyl groups is 1. The fraction of sp³-hybridized carbons (Fsp3) is 0.0800. The highest BCUT2D eigenvalue weighted by molar-refractivity contribution is 7.22. The van der Waals surface area contributed by atoms with Crippen LogP contribution >= 0.6 is 22.9 Å². The molecule has 1 amide bonds. The Balaban J connectivity index is 1.67. The molecule has 0 radical (unpaired) electrons. The topological polar surface area (TPSA) is 79.7 Å². The number of aliphatic hydroxyl groups excluding tert-OH is 1. The average molecular weight is 477 g/mol. The van der Waals surface area contributed by atoms with Gasteiger partial charge in [0.05, 0.1) is 28.9 Å². The summed E-state index contributed by atoms with van der Waals surface area (Å²) in [6, 6.07) is 20.0. The van der Waals surface area contributed by atoms with Crippen molar-refractivity contribution in [2.24, 2.45) is 0 Å². The summed E-state index contributed by atoms with van der Waals surface area (Å²) in [5.41, 5.74) is 1.70. The summed E-state index contributed by atoms with van der Waals surface area (Å²) in [5, 5.41) is 11.7. The van der Waals surface area contributed by atoms with Crippen molar-refractivity contribution in [3.05, 3.63) is 100 Å². The van der Waals surface area contributed by atoms with Gasteiger partial charge in [0.25, 0.3) is 5.91 Å². The van der Waals surface area contributed by atoms with Crippen LogP contribution in [0.25, 0.3) is 10.2 Å². The summed E-state index contributed by atoms with van der Waals surface area (Å²) in [7, 11) is 1.58. The lowest BCUT2D eigenvalue weighted by Crippen LogP contribution is -2.30. The van der Waals surface area contributed by atoms with Gasteiger partial charge in [0.15, 0.2) is 16.7 Å². The number of carbonyl (C=O) groups is 2. The molecule has 164 valence electrons. The third kappa shape index (κ3) is 3.65. The van der Waals surface area contributed by atoms with Crippen molar-refractivity contribution in [1.82, 2.24) is 4.98 Å². The van der Waals surface area contributed by atoms with E-state index in [2.05, 4.69) is 4.98 Å². The van der Waals surface area contributed by atoms with Crippen LogP contribution in [0.4, 0.5) is 5.13 Å². The maximum absolute atomic E-state index is 13.4. The minimum atomic E-state index is -0.857. The second-order valence-electron chi connectivity index (χ2n) is 7.42. The SMILES string of the molecule is COc1ccc2nc(N3C(=O)C(O)=C(C(=O)c4ccccc4)C3c3ccc(Cl)cc3)sc2c1. The average Bonchev–Trinajstić information content (AvgIpc) is 3.37. The van der Waals surface area contributed by atoms with Gasteiger partial charge in [0, 0.05) is 10.6 Å². The minimum Gasteiger partial charge on any atom is -0.503 e. The van der Waals surface area contributed by atoms with Crippen molar-refractivity contribution in [3.8, 4) is 5.75 Å². The number of carbonyl (C=O) groups excluding carboxylic acids is 2. The second kappa shape index (κ2) is 8.35. The van der Waals surface area contributed by atoms with Gasteiger partial charge in [-0.25, -0.2) is 4.98 Å². The Hall–Kier alpha value is -3.68. The van der Waals surface area contributed by atoms with E-state index in [1.54, 1.807) is 73.8 Å². The molecule has 1 aliphatic rings. The zero-order chi connectivity index (χ0) is 23.1. The number of aromatic nitrogens is 1. The van der Waals surface area contributed by atoms with Gasteiger partial charge in [-0.1, -0.05) is 65.4 Å². The van der Waals surface area contributed by atoms with Gasteiger partial charge in [-0.05, 0) is 35.9 Å². The second-order valence-corrected chi connectivity index (χ2v) is 8.86. The number of hydrogen-bond acceptors (Lipinski definition) is 6. The van der Waals surface area contributed by atoms with Crippen molar-refractivity contribution >= 4 is 50.0 Å². The maximum Gasteiger partial charge on any atom is 0.296 e. The molecular formula is C25H17ClN2O4S. The van der Waals surface area contributed by atoms with Gasteiger partial charge in [0.2, 0.25) is 0 Å². The lowest BCUT2D eigenvalue weighted by Gasteiger charge is -2.24. The maximum atomic E-state index is 13.4. The molecule has 6 nitrogen and oxygen atoms in total. The van der Waals surface area contributed by atoms with E-state index < -0.39 is 23.5 Å². The number of methoxy groups -OCH3 is 1. The number of anilines is 1. The molecule has 1 N–H and O–H groups in total. The van der Waals surface area contributed by atoms with Crippen LogP contribution in [0.3, 0.4) is 0 Å². The van der Waals surface area contributed by atoms with E-state index in [1.165, 1.54) is 16.2 Å². The van der Waals surface area contributed by atoms with Gasteiger partial charge >= 0.3 is 0 Å². The molecule has 0 fully saturated rings. The number of benzene rings is 3. The first-order valence-corrected chi connectivity index (χ1v) is 11.2. The quantitative estimate of drug-likeness (QED) is 0.371. The number of hydrogen-bond donors (Lipinski definition) is 1. The molecule has 0 bridgehead atoms. The first-order chi connectivity index (χ1) is 16.0. The Bertz CT molecular complexity index is 1410. The Morgan fingerprint density at radius 3 is 2.52 bits per heavy atom. The summed E-state index contributed by atoms with van der Waals surface area (Å²) >= 11 is 7.35. The predicted octanol–water partition coefficient (Wildman–Crippen LogP) is 5.74. The summed E-state index contributed by atoms with van der Waals surface area (Å²) in [6.45, 7) is 0.